The minimum atomic E-state index is -0.244. The van der Waals surface area contributed by atoms with Gasteiger partial charge in [-0.1, -0.05) is 190 Å². The predicted molar refractivity (Wildman–Crippen MR) is 370 cm³/mol. The topological polar surface area (TPSA) is 67.9 Å². The Bertz CT molecular complexity index is 4930. The van der Waals surface area contributed by atoms with Crippen LogP contribution >= 0.6 is 0 Å². The molecule has 0 spiro atoms. The third kappa shape index (κ3) is 8.76. The maximum absolute atomic E-state index is 4.93. The molecule has 0 saturated heterocycles. The normalized spacial score (nSPS) is 14.9. The van der Waals surface area contributed by atoms with Crippen molar-refractivity contribution in [1.82, 2.24) is 29.1 Å². The van der Waals surface area contributed by atoms with E-state index in [9.17, 15) is 0 Å². The van der Waals surface area contributed by atoms with Crippen LogP contribution in [0.15, 0.2) is 219 Å². The standard InChI is InChI=1S/2C40H30N4.2CH4.Pd.Pt/c2*1-39(2)29-16-5-6-19-34(29)43(26-13-9-12-25(22-26)33-18-7-8-20-41-33)35-24-36-32(23-31(35)39)40(3,4)30-17-10-14-27-28-15-11-21-42-38(28)44(36)37(27)30;;;;/h2*5-21,23H,1-4H3;2*1H4;;/q2*-2;;;2*+2. The van der Waals surface area contributed by atoms with Crippen LogP contribution in [0.1, 0.15) is 115 Å². The summed E-state index contributed by atoms with van der Waals surface area (Å²) in [7, 11) is 0. The molecular formula is C82H68N8PdPt. The van der Waals surface area contributed by atoms with Crippen LogP contribution < -0.4 is 9.80 Å². The molecule has 10 heterocycles. The first kappa shape index (κ1) is 61.8. The summed E-state index contributed by atoms with van der Waals surface area (Å²) in [5.74, 6) is 0. The largest absolute Gasteiger partial charge is 2.00 e. The minimum Gasteiger partial charge on any atom is -0.352 e. The fourth-order valence-corrected chi connectivity index (χ4v) is 15.1. The van der Waals surface area contributed by atoms with Gasteiger partial charge in [0.2, 0.25) is 0 Å². The Morgan fingerprint density at radius 2 is 0.663 bits per heavy atom. The van der Waals surface area contributed by atoms with Gasteiger partial charge in [-0.3, -0.25) is 0 Å². The zero-order valence-corrected chi connectivity index (χ0v) is 54.8. The number of hydrogen-bond acceptors (Lipinski definition) is 6. The molecule has 0 N–H and O–H groups in total. The van der Waals surface area contributed by atoms with E-state index in [0.29, 0.717) is 0 Å². The van der Waals surface area contributed by atoms with Crippen molar-refractivity contribution in [3.05, 3.63) is 288 Å². The molecule has 0 atom stereocenters. The zero-order valence-electron chi connectivity index (χ0n) is 51.0. The van der Waals surface area contributed by atoms with E-state index >= 15 is 0 Å². The molecule has 8 aromatic carbocycles. The van der Waals surface area contributed by atoms with Crippen LogP contribution in [0.25, 0.3) is 77.8 Å². The predicted octanol–water partition coefficient (Wildman–Crippen LogP) is 20.4. The van der Waals surface area contributed by atoms with Crippen molar-refractivity contribution in [2.24, 2.45) is 0 Å². The molecule has 0 bridgehead atoms. The number of para-hydroxylation sites is 4. The van der Waals surface area contributed by atoms with Crippen LogP contribution in [0.3, 0.4) is 0 Å². The Morgan fingerprint density at radius 3 is 1.08 bits per heavy atom. The van der Waals surface area contributed by atoms with Gasteiger partial charge in [0.15, 0.2) is 0 Å². The van der Waals surface area contributed by atoms with Crippen LogP contribution in [0.2, 0.25) is 0 Å². The summed E-state index contributed by atoms with van der Waals surface area (Å²) in [5, 5.41) is 4.79. The first-order valence-electron chi connectivity index (χ1n) is 30.4. The summed E-state index contributed by atoms with van der Waals surface area (Å²) in [6, 6.07) is 84.4. The van der Waals surface area contributed by atoms with Gasteiger partial charge in [-0.05, 0) is 115 Å². The summed E-state index contributed by atoms with van der Waals surface area (Å²) >= 11 is 0. The van der Waals surface area contributed by atoms with Gasteiger partial charge in [-0.15, -0.1) is 94.0 Å². The molecule has 92 heavy (non-hydrogen) atoms. The SMILES string of the molecule is C.C.CC1(C)c2cc3c([c-]c2N(c2[c-]c(-c4ccccn4)ccc2)c2ccccc21)-n1c2ncccc2c2cccc(c21)C3(C)C.CC1(C)c2cc3c([c-]c2N(c2[c-]c(-c4ccccn4)ccc2)c2ccccc21)-n1c2ncccc2c2cccc(c21)C3(C)C.[Pd+2].[Pt+2]. The van der Waals surface area contributed by atoms with Gasteiger partial charge in [0.25, 0.3) is 0 Å². The maximum Gasteiger partial charge on any atom is 2.00 e. The quantitative estimate of drug-likeness (QED) is 0.129. The molecule has 18 rings (SSSR count). The molecule has 0 aliphatic carbocycles. The number of nitrogens with zero attached hydrogens (tertiary/aromatic N) is 8. The van der Waals surface area contributed by atoms with Crippen LogP contribution in [-0.4, -0.2) is 29.1 Å². The Kier molecular flexibility index (Phi) is 15.0. The van der Waals surface area contributed by atoms with E-state index in [1.807, 2.05) is 73.3 Å². The summed E-state index contributed by atoms with van der Waals surface area (Å²) in [6.07, 6.45) is 7.46. The molecule has 14 aromatic rings. The number of anilines is 6. The number of rotatable bonds is 4. The fourth-order valence-electron chi connectivity index (χ4n) is 15.1. The van der Waals surface area contributed by atoms with Crippen molar-refractivity contribution in [3.63, 3.8) is 0 Å². The second-order valence-corrected chi connectivity index (χ2v) is 25.9. The fraction of sp³-hybridized carbons (Fsp3) is 0.171. The molecule has 4 aliphatic rings. The van der Waals surface area contributed by atoms with Gasteiger partial charge in [0.1, 0.15) is 11.3 Å². The van der Waals surface area contributed by atoms with Crippen LogP contribution in [0, 0.1) is 24.3 Å². The molecule has 0 amide bonds. The van der Waals surface area contributed by atoms with E-state index in [2.05, 4.69) is 254 Å². The van der Waals surface area contributed by atoms with Gasteiger partial charge in [-0.2, -0.15) is 12.1 Å². The van der Waals surface area contributed by atoms with E-state index in [0.717, 1.165) is 90.1 Å². The molecule has 456 valence electrons. The Labute approximate surface area is 567 Å². The van der Waals surface area contributed by atoms with Crippen molar-refractivity contribution in [2.45, 2.75) is 91.9 Å². The van der Waals surface area contributed by atoms with E-state index in [1.165, 1.54) is 66.3 Å². The molecule has 8 nitrogen and oxygen atoms in total. The average molecular weight is 1470 g/mol. The van der Waals surface area contributed by atoms with Crippen LogP contribution in [-0.2, 0) is 63.1 Å². The summed E-state index contributed by atoms with van der Waals surface area (Å²) in [6.45, 7) is 18.7. The Hall–Kier alpha value is -9.09. The monoisotopic (exact) mass is 1470 g/mol. The molecule has 0 unspecified atom stereocenters. The van der Waals surface area contributed by atoms with Gasteiger partial charge in [-0.25, -0.2) is 9.97 Å². The Balaban J connectivity index is 0.000000161. The van der Waals surface area contributed by atoms with E-state index < -0.39 is 0 Å². The van der Waals surface area contributed by atoms with Crippen molar-refractivity contribution in [2.75, 3.05) is 9.80 Å². The second kappa shape index (κ2) is 22.3. The molecule has 0 fully saturated rings. The van der Waals surface area contributed by atoms with Crippen molar-refractivity contribution >= 4 is 78.0 Å². The third-order valence-corrected chi connectivity index (χ3v) is 19.7. The summed E-state index contributed by atoms with van der Waals surface area (Å²) < 4.78 is 4.70. The molecule has 0 saturated carbocycles. The summed E-state index contributed by atoms with van der Waals surface area (Å²) in [4.78, 5) is 23.8. The smallest absolute Gasteiger partial charge is 0.352 e. The third-order valence-electron chi connectivity index (χ3n) is 19.7. The molecule has 6 aromatic heterocycles. The van der Waals surface area contributed by atoms with E-state index in [1.54, 1.807) is 0 Å². The summed E-state index contributed by atoms with van der Waals surface area (Å²) in [5.41, 5.74) is 25.8. The second-order valence-electron chi connectivity index (χ2n) is 25.9. The van der Waals surface area contributed by atoms with Crippen LogP contribution in [0.5, 0.6) is 0 Å². The van der Waals surface area contributed by atoms with Crippen molar-refractivity contribution in [1.29, 1.82) is 0 Å². The molecule has 4 aliphatic heterocycles. The first-order valence-corrected chi connectivity index (χ1v) is 30.4. The molecule has 10 heteroatoms. The van der Waals surface area contributed by atoms with Crippen molar-refractivity contribution < 1.29 is 41.5 Å². The van der Waals surface area contributed by atoms with Gasteiger partial charge >= 0.3 is 41.5 Å². The minimum absolute atomic E-state index is 0. The molecular weight excluding hydrogens is 1400 g/mol. The molecule has 0 radical (unpaired) electrons. The average Bonchev–Trinajstić information content (AvgIpc) is 1.41. The van der Waals surface area contributed by atoms with Gasteiger partial charge < -0.3 is 28.9 Å². The Morgan fingerprint density at radius 1 is 0.315 bits per heavy atom. The van der Waals surface area contributed by atoms with Crippen molar-refractivity contribution in [3.8, 4) is 33.9 Å². The van der Waals surface area contributed by atoms with E-state index in [-0.39, 0.29) is 78.0 Å². The number of hydrogen-bond donors (Lipinski definition) is 0. The van der Waals surface area contributed by atoms with Crippen LogP contribution in [0.4, 0.5) is 34.1 Å². The zero-order chi connectivity index (χ0) is 59.6. The number of pyridine rings is 4. The van der Waals surface area contributed by atoms with E-state index in [4.69, 9.17) is 9.97 Å². The van der Waals surface area contributed by atoms with Gasteiger partial charge in [0.05, 0.1) is 11.0 Å². The maximum atomic E-state index is 4.93. The number of benzene rings is 8. The van der Waals surface area contributed by atoms with Gasteiger partial charge in [0, 0.05) is 57.7 Å². The first-order chi connectivity index (χ1) is 42.7. The number of aromatic nitrogens is 6. The number of fused-ring (bicyclic) bond motifs is 14.